The van der Waals surface area contributed by atoms with Gasteiger partial charge >= 0.3 is 6.01 Å². The van der Waals surface area contributed by atoms with Gasteiger partial charge in [0, 0.05) is 50.1 Å². The highest BCUT2D eigenvalue weighted by molar-refractivity contribution is 6.35. The van der Waals surface area contributed by atoms with Crippen molar-refractivity contribution in [3.8, 4) is 22.9 Å². The minimum Gasteiger partial charge on any atom is -0.508 e. The summed E-state index contributed by atoms with van der Waals surface area (Å²) >= 11 is 6.78. The molecule has 2 fully saturated rings. The standard InChI is InChI=1S/C32H31ClFN5O4/c1-2-26(41)38-11-13-39(14-12-38)31-24-19-25(33)28(23-18-21(40)17-20-7-3-4-8-22(20)23)29(34)30(24)35-32(36-31)43-16-15-37-10-6-5-9-27(37)42/h2-4,7-8,17-19,40H,1,5-6,9-16H2. The van der Waals surface area contributed by atoms with Crippen molar-refractivity contribution >= 4 is 50.9 Å². The molecule has 43 heavy (non-hydrogen) atoms. The second-order valence-electron chi connectivity index (χ2n) is 10.7. The fourth-order valence-corrected chi connectivity index (χ4v) is 6.12. The van der Waals surface area contributed by atoms with Crippen LogP contribution in [0.5, 0.6) is 11.8 Å². The molecule has 2 aliphatic heterocycles. The number of fused-ring (bicyclic) bond motifs is 2. The van der Waals surface area contributed by atoms with Crippen LogP contribution in [-0.4, -0.2) is 82.6 Å². The van der Waals surface area contributed by atoms with E-state index in [9.17, 15) is 14.7 Å². The first-order chi connectivity index (χ1) is 20.8. The van der Waals surface area contributed by atoms with E-state index in [1.807, 2.05) is 29.2 Å². The predicted molar refractivity (Wildman–Crippen MR) is 164 cm³/mol. The van der Waals surface area contributed by atoms with Gasteiger partial charge in [0.2, 0.25) is 11.8 Å². The monoisotopic (exact) mass is 603 g/mol. The Bertz CT molecular complexity index is 1740. The highest BCUT2D eigenvalue weighted by Crippen LogP contribution is 2.42. The number of likely N-dealkylation sites (tertiary alicyclic amines) is 1. The summed E-state index contributed by atoms with van der Waals surface area (Å²) in [4.78, 5) is 39.0. The number of hydrogen-bond donors (Lipinski definition) is 1. The summed E-state index contributed by atoms with van der Waals surface area (Å²) in [5.74, 6) is -0.312. The molecule has 0 bridgehead atoms. The average Bonchev–Trinajstić information content (AvgIpc) is 3.01. The van der Waals surface area contributed by atoms with Gasteiger partial charge < -0.3 is 24.5 Å². The van der Waals surface area contributed by atoms with Gasteiger partial charge in [0.25, 0.3) is 0 Å². The van der Waals surface area contributed by atoms with E-state index in [-0.39, 0.29) is 46.3 Å². The molecular formula is C32H31ClFN5O4. The molecule has 4 aromatic rings. The third-order valence-electron chi connectivity index (χ3n) is 8.04. The van der Waals surface area contributed by atoms with Crippen molar-refractivity contribution in [3.63, 3.8) is 0 Å². The summed E-state index contributed by atoms with van der Waals surface area (Å²) in [6.45, 7) is 6.55. The first-order valence-corrected chi connectivity index (χ1v) is 14.7. The Balaban J connectivity index is 1.42. The first-order valence-electron chi connectivity index (χ1n) is 14.3. The first kappa shape index (κ1) is 28.7. The molecule has 222 valence electrons. The summed E-state index contributed by atoms with van der Waals surface area (Å²) < 4.78 is 22.6. The number of benzene rings is 3. The Morgan fingerprint density at radius 3 is 2.63 bits per heavy atom. The van der Waals surface area contributed by atoms with Crippen molar-refractivity contribution in [2.75, 3.05) is 50.8 Å². The lowest BCUT2D eigenvalue weighted by atomic mass is 9.96. The number of nitrogens with zero attached hydrogens (tertiary/aromatic N) is 5. The number of piperidine rings is 1. The normalized spacial score (nSPS) is 15.8. The number of aromatic hydroxyl groups is 1. The summed E-state index contributed by atoms with van der Waals surface area (Å²) in [5.41, 5.74) is 0.561. The van der Waals surface area contributed by atoms with E-state index in [0.717, 1.165) is 23.6 Å². The zero-order valence-electron chi connectivity index (χ0n) is 23.6. The number of rotatable bonds is 7. The third kappa shape index (κ3) is 5.67. The van der Waals surface area contributed by atoms with Gasteiger partial charge in [-0.1, -0.05) is 42.4 Å². The SMILES string of the molecule is C=CC(=O)N1CCN(c2nc(OCCN3CCCCC3=O)nc3c(F)c(-c4cc(O)cc5ccccc45)c(Cl)cc23)CC1. The Morgan fingerprint density at radius 1 is 1.07 bits per heavy atom. The van der Waals surface area contributed by atoms with Crippen LogP contribution in [0.4, 0.5) is 10.2 Å². The molecule has 2 saturated heterocycles. The number of carbonyl (C=O) groups is 2. The van der Waals surface area contributed by atoms with Crippen LogP contribution in [-0.2, 0) is 9.59 Å². The molecule has 0 unspecified atom stereocenters. The molecule has 6 rings (SSSR count). The number of hydrogen-bond acceptors (Lipinski definition) is 7. The van der Waals surface area contributed by atoms with Crippen LogP contribution in [0.15, 0.2) is 55.1 Å². The van der Waals surface area contributed by atoms with Crippen molar-refractivity contribution in [3.05, 3.63) is 66.0 Å². The van der Waals surface area contributed by atoms with Gasteiger partial charge in [-0.25, -0.2) is 4.39 Å². The zero-order chi connectivity index (χ0) is 30.1. The predicted octanol–water partition coefficient (Wildman–Crippen LogP) is 5.17. The number of carbonyl (C=O) groups excluding carboxylic acids is 2. The quantitative estimate of drug-likeness (QED) is 0.291. The lowest BCUT2D eigenvalue weighted by molar-refractivity contribution is -0.133. The van der Waals surface area contributed by atoms with Gasteiger partial charge in [0.05, 0.1) is 11.6 Å². The van der Waals surface area contributed by atoms with Crippen molar-refractivity contribution in [1.82, 2.24) is 19.8 Å². The van der Waals surface area contributed by atoms with Gasteiger partial charge in [-0.15, -0.1) is 0 Å². The number of amides is 2. The van der Waals surface area contributed by atoms with Gasteiger partial charge in [-0.3, -0.25) is 9.59 Å². The molecule has 0 atom stereocenters. The van der Waals surface area contributed by atoms with Crippen LogP contribution in [0.3, 0.4) is 0 Å². The van der Waals surface area contributed by atoms with E-state index in [1.165, 1.54) is 12.1 Å². The van der Waals surface area contributed by atoms with Crippen LogP contribution in [0.2, 0.25) is 5.02 Å². The van der Waals surface area contributed by atoms with Gasteiger partial charge in [0.15, 0.2) is 5.82 Å². The molecule has 0 spiro atoms. The number of piperazine rings is 1. The Labute approximate surface area is 253 Å². The van der Waals surface area contributed by atoms with E-state index in [4.69, 9.17) is 16.3 Å². The minimum atomic E-state index is -0.668. The molecule has 2 amide bonds. The number of anilines is 1. The molecule has 9 nitrogen and oxygen atoms in total. The van der Waals surface area contributed by atoms with Crippen molar-refractivity contribution in [2.24, 2.45) is 0 Å². The maximum Gasteiger partial charge on any atom is 0.319 e. The molecule has 0 saturated carbocycles. The number of halogens is 2. The highest BCUT2D eigenvalue weighted by Gasteiger charge is 2.27. The van der Waals surface area contributed by atoms with E-state index in [2.05, 4.69) is 16.5 Å². The molecule has 2 aliphatic rings. The summed E-state index contributed by atoms with van der Waals surface area (Å²) in [6.07, 6.45) is 3.64. The van der Waals surface area contributed by atoms with Crippen molar-refractivity contribution in [2.45, 2.75) is 19.3 Å². The smallest absolute Gasteiger partial charge is 0.319 e. The third-order valence-corrected chi connectivity index (χ3v) is 8.34. The molecule has 3 heterocycles. The Kier molecular flexibility index (Phi) is 8.03. The van der Waals surface area contributed by atoms with E-state index in [1.54, 1.807) is 21.9 Å². The van der Waals surface area contributed by atoms with Crippen molar-refractivity contribution < 1.29 is 23.8 Å². The largest absolute Gasteiger partial charge is 0.508 e. The van der Waals surface area contributed by atoms with Crippen LogP contribution in [0, 0.1) is 5.82 Å². The maximum absolute atomic E-state index is 16.6. The van der Waals surface area contributed by atoms with E-state index >= 15 is 4.39 Å². The van der Waals surface area contributed by atoms with Crippen LogP contribution in [0.25, 0.3) is 32.8 Å². The minimum absolute atomic E-state index is 0.0177. The molecule has 1 N–H and O–H groups in total. The lowest BCUT2D eigenvalue weighted by Crippen LogP contribution is -2.48. The Morgan fingerprint density at radius 2 is 1.86 bits per heavy atom. The lowest BCUT2D eigenvalue weighted by Gasteiger charge is -2.35. The molecular weight excluding hydrogens is 573 g/mol. The molecule has 1 aromatic heterocycles. The number of aromatic nitrogens is 2. The number of ether oxygens (including phenoxy) is 1. The number of phenols is 1. The van der Waals surface area contributed by atoms with Crippen LogP contribution < -0.4 is 9.64 Å². The fraction of sp³-hybridized carbons (Fsp3) is 0.312. The molecule has 3 aromatic carbocycles. The van der Waals surface area contributed by atoms with Crippen molar-refractivity contribution in [1.29, 1.82) is 0 Å². The zero-order valence-corrected chi connectivity index (χ0v) is 24.3. The Hall–Kier alpha value is -4.44. The topological polar surface area (TPSA) is 99.1 Å². The molecule has 0 aliphatic carbocycles. The molecule has 11 heteroatoms. The summed E-state index contributed by atoms with van der Waals surface area (Å²) in [6, 6.07) is 12.1. The summed E-state index contributed by atoms with van der Waals surface area (Å²) in [7, 11) is 0. The fourth-order valence-electron chi connectivity index (χ4n) is 5.83. The van der Waals surface area contributed by atoms with E-state index in [0.29, 0.717) is 62.5 Å². The maximum atomic E-state index is 16.6. The second kappa shape index (κ2) is 12.0. The number of phenolic OH excluding ortho intramolecular Hbond substituents is 1. The van der Waals surface area contributed by atoms with Gasteiger partial charge in [0.1, 0.15) is 23.7 Å². The van der Waals surface area contributed by atoms with Gasteiger partial charge in [-0.05, 0) is 53.5 Å². The highest BCUT2D eigenvalue weighted by atomic mass is 35.5. The van der Waals surface area contributed by atoms with Crippen LogP contribution in [0.1, 0.15) is 19.3 Å². The average molecular weight is 604 g/mol. The second-order valence-corrected chi connectivity index (χ2v) is 11.1. The molecule has 0 radical (unpaired) electrons. The van der Waals surface area contributed by atoms with E-state index < -0.39 is 5.82 Å². The summed E-state index contributed by atoms with van der Waals surface area (Å²) in [5, 5.41) is 12.4. The van der Waals surface area contributed by atoms with Crippen LogP contribution >= 0.6 is 11.6 Å². The van der Waals surface area contributed by atoms with Gasteiger partial charge in [-0.2, -0.15) is 9.97 Å².